The van der Waals surface area contributed by atoms with Gasteiger partial charge < -0.3 is 26.2 Å². The minimum Gasteiger partial charge on any atom is -0.481 e. The van der Waals surface area contributed by atoms with E-state index >= 15 is 0 Å². The molecule has 1 aliphatic carbocycles. The number of aliphatic hydroxyl groups is 3. The minimum absolute atomic E-state index is 0.223. The van der Waals surface area contributed by atoms with Gasteiger partial charge in [-0.15, -0.1) is 0 Å². The van der Waals surface area contributed by atoms with Gasteiger partial charge in [-0.1, -0.05) is 64.7 Å². The Morgan fingerprint density at radius 2 is 1.70 bits per heavy atom. The zero-order valence-corrected chi connectivity index (χ0v) is 23.0. The molecule has 0 aliphatic heterocycles. The number of nitrogens with two attached hydrogens (primary N) is 1. The van der Waals surface area contributed by atoms with Gasteiger partial charge in [0.05, 0.1) is 23.7 Å². The third kappa shape index (κ3) is 12.6. The van der Waals surface area contributed by atoms with Gasteiger partial charge in [0.25, 0.3) is 0 Å². The van der Waals surface area contributed by atoms with Crippen LogP contribution in [0.1, 0.15) is 122 Å². The van der Waals surface area contributed by atoms with Crippen LogP contribution >= 0.6 is 0 Å². The lowest BCUT2D eigenvalue weighted by Crippen LogP contribution is -2.32. The summed E-state index contributed by atoms with van der Waals surface area (Å²) in [4.78, 5) is 15.8. The Hall–Kier alpha value is -1.70. The van der Waals surface area contributed by atoms with Crippen molar-refractivity contribution < 1.29 is 25.2 Å². The van der Waals surface area contributed by atoms with E-state index in [0.29, 0.717) is 43.8 Å². The van der Waals surface area contributed by atoms with Gasteiger partial charge in [-0.25, -0.2) is 4.98 Å². The normalized spacial score (nSPS) is 22.1. The molecular formula is C30H52N2O5. The van der Waals surface area contributed by atoms with E-state index in [9.17, 15) is 25.2 Å². The van der Waals surface area contributed by atoms with Crippen LogP contribution in [-0.2, 0) is 11.2 Å². The van der Waals surface area contributed by atoms with E-state index in [1.807, 2.05) is 12.1 Å². The molecule has 0 bridgehead atoms. The van der Waals surface area contributed by atoms with Crippen molar-refractivity contribution in [1.29, 1.82) is 0 Å². The molecule has 0 spiro atoms. The molecule has 1 aromatic heterocycles. The topological polar surface area (TPSA) is 137 Å². The number of nitrogen functional groups attached to an aromatic ring is 1. The molecule has 0 unspecified atom stereocenters. The molecule has 0 amide bonds. The van der Waals surface area contributed by atoms with Crippen LogP contribution in [0.15, 0.2) is 18.3 Å². The maximum atomic E-state index is 11.8. The molecule has 5 atom stereocenters. The smallest absolute Gasteiger partial charge is 0.309 e. The number of hydrogen-bond donors (Lipinski definition) is 5. The molecule has 1 aromatic rings. The number of pyridine rings is 1. The van der Waals surface area contributed by atoms with Crippen LogP contribution in [0.4, 0.5) is 5.82 Å². The van der Waals surface area contributed by atoms with Gasteiger partial charge in [-0.3, -0.25) is 4.79 Å². The summed E-state index contributed by atoms with van der Waals surface area (Å²) in [6.07, 6.45) is 16.1. The van der Waals surface area contributed by atoms with Crippen molar-refractivity contribution in [1.82, 2.24) is 4.98 Å². The number of rotatable bonds is 20. The fraction of sp³-hybridized carbons (Fsp3) is 0.800. The molecule has 7 heteroatoms. The first-order chi connectivity index (χ1) is 17.7. The first kappa shape index (κ1) is 31.5. The zero-order chi connectivity index (χ0) is 27.1. The third-order valence-corrected chi connectivity index (χ3v) is 8.19. The minimum atomic E-state index is -0.961. The van der Waals surface area contributed by atoms with E-state index in [4.69, 9.17) is 5.73 Å². The first-order valence-electron chi connectivity index (χ1n) is 14.7. The Bertz CT molecular complexity index is 776. The second-order valence-electron chi connectivity index (χ2n) is 11.5. The number of nitrogens with zero attached hydrogens (tertiary/aromatic N) is 1. The number of unbranched alkanes of at least 4 members (excludes halogenated alkanes) is 7. The summed E-state index contributed by atoms with van der Waals surface area (Å²) >= 11 is 0. The average Bonchev–Trinajstić information content (AvgIpc) is 3.22. The van der Waals surface area contributed by atoms with E-state index in [2.05, 4.69) is 11.9 Å². The van der Waals surface area contributed by atoms with Crippen molar-refractivity contribution in [2.45, 2.75) is 140 Å². The molecule has 0 saturated heterocycles. The highest BCUT2D eigenvalue weighted by molar-refractivity contribution is 5.70. The summed E-state index contributed by atoms with van der Waals surface area (Å²) in [6, 6.07) is 3.82. The second kappa shape index (κ2) is 17.0. The van der Waals surface area contributed by atoms with Crippen LogP contribution in [0.5, 0.6) is 0 Å². The lowest BCUT2D eigenvalue weighted by Gasteiger charge is -2.26. The maximum absolute atomic E-state index is 11.8. The van der Waals surface area contributed by atoms with Crippen molar-refractivity contribution in [2.24, 2.45) is 11.8 Å². The number of carbonyl (C=O) groups is 1. The summed E-state index contributed by atoms with van der Waals surface area (Å²) < 4.78 is 0. The Kier molecular flexibility index (Phi) is 14.5. The Balaban J connectivity index is 1.62. The van der Waals surface area contributed by atoms with E-state index in [-0.39, 0.29) is 6.10 Å². The Morgan fingerprint density at radius 3 is 2.32 bits per heavy atom. The predicted octanol–water partition coefficient (Wildman–Crippen LogP) is 5.64. The van der Waals surface area contributed by atoms with E-state index in [0.717, 1.165) is 63.4 Å². The monoisotopic (exact) mass is 520 g/mol. The molecule has 2 rings (SSSR count). The molecule has 0 aromatic carbocycles. The van der Waals surface area contributed by atoms with Crippen LogP contribution < -0.4 is 5.73 Å². The number of carboxylic acids is 1. The summed E-state index contributed by atoms with van der Waals surface area (Å²) in [5, 5.41) is 41.5. The maximum Gasteiger partial charge on any atom is 0.309 e. The van der Waals surface area contributed by atoms with Crippen LogP contribution in [0.25, 0.3) is 0 Å². The highest BCUT2D eigenvalue weighted by Gasteiger charge is 2.38. The highest BCUT2D eigenvalue weighted by atomic mass is 16.4. The Morgan fingerprint density at radius 1 is 1.05 bits per heavy atom. The molecule has 0 radical (unpaired) electrons. The molecule has 6 N–H and O–H groups in total. The van der Waals surface area contributed by atoms with Crippen molar-refractivity contribution in [2.75, 3.05) is 5.73 Å². The lowest BCUT2D eigenvalue weighted by atomic mass is 9.86. The molecule has 37 heavy (non-hydrogen) atoms. The number of aliphatic carboxylic acids is 1. The summed E-state index contributed by atoms with van der Waals surface area (Å²) in [5.41, 5.74) is 6.04. The van der Waals surface area contributed by atoms with Crippen LogP contribution in [-0.4, -0.2) is 49.2 Å². The first-order valence-corrected chi connectivity index (χ1v) is 14.7. The van der Waals surface area contributed by atoms with E-state index in [1.54, 1.807) is 6.20 Å². The van der Waals surface area contributed by atoms with Crippen molar-refractivity contribution in [3.63, 3.8) is 0 Å². The van der Waals surface area contributed by atoms with Crippen molar-refractivity contribution in [3.8, 4) is 0 Å². The number of hydrogen-bond acceptors (Lipinski definition) is 6. The highest BCUT2D eigenvalue weighted by Crippen LogP contribution is 2.40. The summed E-state index contributed by atoms with van der Waals surface area (Å²) in [6.45, 7) is 2.20. The van der Waals surface area contributed by atoms with Gasteiger partial charge in [-0.2, -0.15) is 0 Å². The largest absolute Gasteiger partial charge is 0.481 e. The number of anilines is 1. The van der Waals surface area contributed by atoms with E-state index in [1.165, 1.54) is 25.7 Å². The molecule has 1 heterocycles. The molecule has 1 fully saturated rings. The standard InChI is InChI=1S/C30H52N2O5/c1-2-3-4-5-8-11-25(33)12-9-6-7-10-13-26(29(35)36)27(34)15-18-30(37)17-14-24(22-30)20-23-16-19-32-28(31)21-23/h16,19,21,24-27,33-34,37H,2-15,17-18,20,22H2,1H3,(H2,31,32)(H,35,36)/t24-,25-,26-,27+,30+/m0/s1. The van der Waals surface area contributed by atoms with Crippen LogP contribution in [0.2, 0.25) is 0 Å². The molecule has 1 saturated carbocycles. The van der Waals surface area contributed by atoms with Crippen LogP contribution in [0.3, 0.4) is 0 Å². The van der Waals surface area contributed by atoms with Gasteiger partial charge in [0.15, 0.2) is 0 Å². The molecule has 1 aliphatic rings. The number of aromatic nitrogens is 1. The van der Waals surface area contributed by atoms with Crippen molar-refractivity contribution >= 4 is 11.8 Å². The van der Waals surface area contributed by atoms with Gasteiger partial charge in [-0.05, 0) is 81.4 Å². The lowest BCUT2D eigenvalue weighted by molar-refractivity contribution is -0.146. The predicted molar refractivity (Wildman–Crippen MR) is 148 cm³/mol. The quantitative estimate of drug-likeness (QED) is 0.140. The van der Waals surface area contributed by atoms with E-state index < -0.39 is 23.6 Å². The fourth-order valence-corrected chi connectivity index (χ4v) is 5.89. The summed E-state index contributed by atoms with van der Waals surface area (Å²) in [5.74, 6) is -0.912. The van der Waals surface area contributed by atoms with Gasteiger partial charge in [0.2, 0.25) is 0 Å². The number of aliphatic hydroxyl groups excluding tert-OH is 2. The van der Waals surface area contributed by atoms with Gasteiger partial charge >= 0.3 is 5.97 Å². The van der Waals surface area contributed by atoms with Crippen LogP contribution in [0, 0.1) is 11.8 Å². The summed E-state index contributed by atoms with van der Waals surface area (Å²) in [7, 11) is 0. The SMILES string of the molecule is CCCCCCC[C@H](O)CCCCCC[C@H](C(=O)O)[C@H](O)CC[C@]1(O)CC[C@@H](Cc2ccnc(N)c2)C1. The van der Waals surface area contributed by atoms with Gasteiger partial charge in [0, 0.05) is 6.20 Å². The molecular weight excluding hydrogens is 468 g/mol. The zero-order valence-electron chi connectivity index (χ0n) is 23.0. The molecule has 7 nitrogen and oxygen atoms in total. The third-order valence-electron chi connectivity index (χ3n) is 8.19. The van der Waals surface area contributed by atoms with Crippen molar-refractivity contribution in [3.05, 3.63) is 23.9 Å². The number of carboxylic acid groups (broad SMARTS) is 1. The molecule has 212 valence electrons. The average molecular weight is 521 g/mol. The Labute approximate surface area is 223 Å². The second-order valence-corrected chi connectivity index (χ2v) is 11.5. The van der Waals surface area contributed by atoms with Gasteiger partial charge in [0.1, 0.15) is 5.82 Å². The fourth-order valence-electron chi connectivity index (χ4n) is 5.89.